The molecule has 0 unspecified atom stereocenters. The van der Waals surface area contributed by atoms with Crippen molar-refractivity contribution in [3.8, 4) is 23.0 Å². The number of amides is 2. The number of nitrogens with zero attached hydrogens (tertiary/aromatic N) is 2. The van der Waals surface area contributed by atoms with E-state index in [9.17, 15) is 9.59 Å². The highest BCUT2D eigenvalue weighted by Crippen LogP contribution is 2.37. The summed E-state index contributed by atoms with van der Waals surface area (Å²) in [6, 6.07) is 30.2. The number of carbonyl (C=O) groups is 2. The van der Waals surface area contributed by atoms with Crippen LogP contribution in [0, 0.1) is 0 Å². The van der Waals surface area contributed by atoms with Crippen LogP contribution in [0.15, 0.2) is 97.1 Å². The van der Waals surface area contributed by atoms with Gasteiger partial charge in [-0.1, -0.05) is 48.5 Å². The van der Waals surface area contributed by atoms with Gasteiger partial charge in [0.15, 0.2) is 11.5 Å². The Hall–Kier alpha value is -4.62. The average molecular weight is 563 g/mol. The van der Waals surface area contributed by atoms with Crippen molar-refractivity contribution in [1.82, 2.24) is 4.90 Å². The molecule has 0 atom stereocenters. The highest BCUT2D eigenvalue weighted by Gasteiger charge is 2.37. The Bertz CT molecular complexity index is 1550. The van der Waals surface area contributed by atoms with Crippen LogP contribution in [0.1, 0.15) is 51.5 Å². The summed E-state index contributed by atoms with van der Waals surface area (Å²) >= 11 is 0. The van der Waals surface area contributed by atoms with Crippen LogP contribution in [0.5, 0.6) is 23.0 Å². The molecular weight excluding hydrogens is 528 g/mol. The van der Waals surface area contributed by atoms with Crippen molar-refractivity contribution in [3.05, 3.63) is 114 Å². The van der Waals surface area contributed by atoms with Crippen molar-refractivity contribution in [2.75, 3.05) is 38.3 Å². The highest BCUT2D eigenvalue weighted by molar-refractivity contribution is 6.34. The number of fused-ring (bicyclic) bond motifs is 1. The molecule has 2 aliphatic heterocycles. The molecule has 2 heterocycles. The highest BCUT2D eigenvalue weighted by atomic mass is 16.5. The number of hydrogen-bond donors (Lipinski definition) is 0. The fraction of sp³-hybridized carbons (Fsp3) is 0.257. The first-order valence-corrected chi connectivity index (χ1v) is 14.4. The predicted octanol–water partition coefficient (Wildman–Crippen LogP) is 6.94. The maximum Gasteiger partial charge on any atom is 0.266 e. The number of anilines is 1. The van der Waals surface area contributed by atoms with Gasteiger partial charge in [0.1, 0.15) is 11.5 Å². The van der Waals surface area contributed by atoms with E-state index in [2.05, 4.69) is 35.2 Å². The molecule has 1 fully saturated rings. The van der Waals surface area contributed by atoms with Crippen LogP contribution in [-0.2, 0) is 0 Å². The van der Waals surface area contributed by atoms with Crippen molar-refractivity contribution >= 4 is 17.5 Å². The van der Waals surface area contributed by atoms with E-state index in [0.717, 1.165) is 26.1 Å². The summed E-state index contributed by atoms with van der Waals surface area (Å²) in [4.78, 5) is 30.2. The van der Waals surface area contributed by atoms with E-state index >= 15 is 0 Å². The first-order chi connectivity index (χ1) is 20.6. The maximum atomic E-state index is 13.3. The molecule has 0 N–H and O–H groups in total. The lowest BCUT2D eigenvalue weighted by Crippen LogP contribution is -2.34. The molecule has 0 saturated carbocycles. The molecule has 4 aromatic carbocycles. The normalized spacial score (nSPS) is 15.5. The Kier molecular flexibility index (Phi) is 8.19. The third-order valence-corrected chi connectivity index (χ3v) is 7.98. The van der Waals surface area contributed by atoms with Gasteiger partial charge in [0.05, 0.1) is 30.5 Å². The van der Waals surface area contributed by atoms with Crippen LogP contribution in [0.25, 0.3) is 0 Å². The minimum Gasteiger partial charge on any atom is -0.493 e. The largest absolute Gasteiger partial charge is 0.493 e. The smallest absolute Gasteiger partial charge is 0.266 e. The van der Waals surface area contributed by atoms with Gasteiger partial charge < -0.3 is 19.1 Å². The van der Waals surface area contributed by atoms with Gasteiger partial charge in [-0.25, -0.2) is 4.90 Å². The van der Waals surface area contributed by atoms with Gasteiger partial charge in [-0.2, -0.15) is 0 Å². The number of ether oxygens (including phenoxy) is 3. The second-order valence-corrected chi connectivity index (χ2v) is 10.6. The van der Waals surface area contributed by atoms with E-state index in [-0.39, 0.29) is 5.91 Å². The number of piperidine rings is 1. The minimum absolute atomic E-state index is 0.306. The van der Waals surface area contributed by atoms with Crippen LogP contribution >= 0.6 is 0 Å². The molecular formula is C35H34N2O5. The Morgan fingerprint density at radius 1 is 0.738 bits per heavy atom. The molecule has 0 bridgehead atoms. The molecule has 214 valence electrons. The van der Waals surface area contributed by atoms with Crippen molar-refractivity contribution in [3.63, 3.8) is 0 Å². The van der Waals surface area contributed by atoms with E-state index in [1.54, 1.807) is 43.5 Å². The summed E-state index contributed by atoms with van der Waals surface area (Å²) in [5, 5.41) is 0. The number of likely N-dealkylation sites (tertiary alicyclic amines) is 1. The number of hydrogen-bond acceptors (Lipinski definition) is 6. The van der Waals surface area contributed by atoms with E-state index in [4.69, 9.17) is 14.2 Å². The quantitative estimate of drug-likeness (QED) is 0.154. The molecule has 7 heteroatoms. The van der Waals surface area contributed by atoms with Crippen LogP contribution in [0.2, 0.25) is 0 Å². The molecule has 0 aliphatic carbocycles. The number of para-hydroxylation sites is 1. The second kappa shape index (κ2) is 12.5. The average Bonchev–Trinajstić information content (AvgIpc) is 3.29. The Morgan fingerprint density at radius 2 is 1.45 bits per heavy atom. The fourth-order valence-corrected chi connectivity index (χ4v) is 5.74. The number of imide groups is 1. The molecule has 42 heavy (non-hydrogen) atoms. The molecule has 0 aromatic heterocycles. The number of benzene rings is 4. The predicted molar refractivity (Wildman–Crippen MR) is 162 cm³/mol. The van der Waals surface area contributed by atoms with Gasteiger partial charge in [0.25, 0.3) is 11.8 Å². The first-order valence-electron chi connectivity index (χ1n) is 14.4. The lowest BCUT2D eigenvalue weighted by Gasteiger charge is -2.32. The SMILES string of the molecule is COc1cc(N2C(=O)c3ccc(Oc4ccccc4)cc3C2=O)ccc1OCCCN1CCC(c2ccccc2)CC1. The molecule has 1 saturated heterocycles. The van der Waals surface area contributed by atoms with Crippen LogP contribution in [-0.4, -0.2) is 50.1 Å². The second-order valence-electron chi connectivity index (χ2n) is 10.6. The van der Waals surface area contributed by atoms with Crippen LogP contribution in [0.4, 0.5) is 5.69 Å². The summed E-state index contributed by atoms with van der Waals surface area (Å²) in [6.45, 7) is 3.72. The molecule has 6 rings (SSSR count). The zero-order valence-electron chi connectivity index (χ0n) is 23.7. The summed E-state index contributed by atoms with van der Waals surface area (Å²) < 4.78 is 17.5. The molecule has 7 nitrogen and oxygen atoms in total. The monoisotopic (exact) mass is 562 g/mol. The third kappa shape index (κ3) is 5.87. The Morgan fingerprint density at radius 3 is 2.19 bits per heavy atom. The topological polar surface area (TPSA) is 68.3 Å². The Labute approximate surface area is 246 Å². The molecule has 0 spiro atoms. The Balaban J connectivity index is 1.04. The third-order valence-electron chi connectivity index (χ3n) is 7.98. The molecule has 0 radical (unpaired) electrons. The molecule has 4 aromatic rings. The van der Waals surface area contributed by atoms with E-state index < -0.39 is 5.91 Å². The van der Waals surface area contributed by atoms with Crippen LogP contribution < -0.4 is 19.1 Å². The van der Waals surface area contributed by atoms with Gasteiger partial charge in [-0.3, -0.25) is 9.59 Å². The number of rotatable bonds is 10. The standard InChI is InChI=1S/C35H34N2O5/c1-40-33-23-27(37-34(38)30-15-14-29(24-31(30)35(37)39)42-28-11-6-3-7-12-28)13-16-32(33)41-22-8-19-36-20-17-26(18-21-36)25-9-4-2-5-10-25/h2-7,9-16,23-24,26H,8,17-22H2,1H3. The van der Waals surface area contributed by atoms with E-state index in [0.29, 0.717) is 52.3 Å². The number of methoxy groups -OCH3 is 1. The van der Waals surface area contributed by atoms with Crippen molar-refractivity contribution < 1.29 is 23.8 Å². The van der Waals surface area contributed by atoms with Crippen molar-refractivity contribution in [1.29, 1.82) is 0 Å². The van der Waals surface area contributed by atoms with Gasteiger partial charge in [0, 0.05) is 12.6 Å². The fourth-order valence-electron chi connectivity index (χ4n) is 5.74. The van der Waals surface area contributed by atoms with Crippen LogP contribution in [0.3, 0.4) is 0 Å². The molecule has 2 amide bonds. The zero-order chi connectivity index (χ0) is 28.9. The van der Waals surface area contributed by atoms with E-state index in [1.807, 2.05) is 30.3 Å². The summed E-state index contributed by atoms with van der Waals surface area (Å²) in [7, 11) is 1.55. The lowest BCUT2D eigenvalue weighted by atomic mass is 9.89. The van der Waals surface area contributed by atoms with Crippen molar-refractivity contribution in [2.24, 2.45) is 0 Å². The summed E-state index contributed by atoms with van der Waals surface area (Å²) in [5.74, 6) is 2.06. The van der Waals surface area contributed by atoms with Gasteiger partial charge in [-0.05, 0) is 86.3 Å². The van der Waals surface area contributed by atoms with Gasteiger partial charge in [0.2, 0.25) is 0 Å². The number of carbonyl (C=O) groups excluding carboxylic acids is 2. The van der Waals surface area contributed by atoms with E-state index in [1.165, 1.54) is 23.3 Å². The molecule has 2 aliphatic rings. The summed E-state index contributed by atoms with van der Waals surface area (Å²) in [6.07, 6.45) is 3.26. The summed E-state index contributed by atoms with van der Waals surface area (Å²) in [5.41, 5.74) is 2.52. The minimum atomic E-state index is -0.403. The van der Waals surface area contributed by atoms with Gasteiger partial charge >= 0.3 is 0 Å². The zero-order valence-corrected chi connectivity index (χ0v) is 23.7. The van der Waals surface area contributed by atoms with Crippen molar-refractivity contribution in [2.45, 2.75) is 25.2 Å². The first kappa shape index (κ1) is 27.5. The maximum absolute atomic E-state index is 13.3. The lowest BCUT2D eigenvalue weighted by molar-refractivity contribution is 0.0926. The van der Waals surface area contributed by atoms with Gasteiger partial charge in [-0.15, -0.1) is 0 Å².